The van der Waals surface area contributed by atoms with Crippen molar-refractivity contribution in [2.75, 3.05) is 12.9 Å². The van der Waals surface area contributed by atoms with Gasteiger partial charge in [-0.15, -0.1) is 0 Å². The summed E-state index contributed by atoms with van der Waals surface area (Å²) >= 11 is 0. The van der Waals surface area contributed by atoms with Crippen LogP contribution >= 0.6 is 0 Å². The molecule has 4 nitrogen and oxygen atoms in total. The Morgan fingerprint density at radius 3 is 2.52 bits per heavy atom. The molecule has 1 saturated carbocycles. The Kier molecular flexibility index (Phi) is 5.27. The first-order chi connectivity index (χ1) is 9.91. The summed E-state index contributed by atoms with van der Waals surface area (Å²) in [5, 5.41) is -0.231. The Hall–Kier alpha value is -1.07. The SMILES string of the molecule is CCOc1ccc(C(N)C2CCCC(S(C)(=O)=O)C2)cc1. The highest BCUT2D eigenvalue weighted by atomic mass is 32.2. The summed E-state index contributed by atoms with van der Waals surface area (Å²) in [5.74, 6) is 1.07. The molecule has 1 aromatic rings. The van der Waals surface area contributed by atoms with Crippen molar-refractivity contribution in [2.45, 2.75) is 43.9 Å². The average Bonchev–Trinajstić information content (AvgIpc) is 2.47. The number of rotatable bonds is 5. The normalized spacial score (nSPS) is 24.5. The van der Waals surface area contributed by atoms with Gasteiger partial charge in [0.2, 0.25) is 0 Å². The smallest absolute Gasteiger partial charge is 0.150 e. The molecule has 21 heavy (non-hydrogen) atoms. The fourth-order valence-corrected chi connectivity index (χ4v) is 4.31. The van der Waals surface area contributed by atoms with E-state index in [-0.39, 0.29) is 17.2 Å². The predicted molar refractivity (Wildman–Crippen MR) is 85.1 cm³/mol. The molecule has 1 aliphatic rings. The van der Waals surface area contributed by atoms with Crippen molar-refractivity contribution in [2.24, 2.45) is 11.7 Å². The molecule has 1 aromatic carbocycles. The van der Waals surface area contributed by atoms with Crippen molar-refractivity contribution in [3.63, 3.8) is 0 Å². The van der Waals surface area contributed by atoms with Crippen LogP contribution in [0.2, 0.25) is 0 Å². The lowest BCUT2D eigenvalue weighted by Crippen LogP contribution is -2.32. The van der Waals surface area contributed by atoms with Gasteiger partial charge >= 0.3 is 0 Å². The molecule has 0 radical (unpaired) electrons. The van der Waals surface area contributed by atoms with Crippen molar-refractivity contribution in [1.82, 2.24) is 0 Å². The van der Waals surface area contributed by atoms with Crippen LogP contribution in [0.25, 0.3) is 0 Å². The van der Waals surface area contributed by atoms with Crippen molar-refractivity contribution in [3.05, 3.63) is 29.8 Å². The third kappa shape index (κ3) is 4.20. The van der Waals surface area contributed by atoms with Gasteiger partial charge in [-0.05, 0) is 49.8 Å². The van der Waals surface area contributed by atoms with E-state index in [1.807, 2.05) is 31.2 Å². The highest BCUT2D eigenvalue weighted by Gasteiger charge is 2.32. The molecule has 0 aromatic heterocycles. The highest BCUT2D eigenvalue weighted by Crippen LogP contribution is 2.35. The molecule has 0 bridgehead atoms. The predicted octanol–water partition coefficient (Wildman–Crippen LogP) is 2.69. The minimum Gasteiger partial charge on any atom is -0.494 e. The molecule has 1 fully saturated rings. The number of sulfone groups is 1. The Labute approximate surface area is 127 Å². The number of hydrogen-bond donors (Lipinski definition) is 1. The first-order valence-electron chi connectivity index (χ1n) is 7.59. The number of benzene rings is 1. The van der Waals surface area contributed by atoms with E-state index in [9.17, 15) is 8.42 Å². The van der Waals surface area contributed by atoms with E-state index < -0.39 is 9.84 Å². The second-order valence-corrected chi connectivity index (χ2v) is 8.23. The average molecular weight is 311 g/mol. The summed E-state index contributed by atoms with van der Waals surface area (Å²) in [4.78, 5) is 0. The van der Waals surface area contributed by atoms with E-state index in [1.165, 1.54) is 6.26 Å². The minimum absolute atomic E-state index is 0.106. The van der Waals surface area contributed by atoms with Crippen LogP contribution in [0.1, 0.15) is 44.2 Å². The summed E-state index contributed by atoms with van der Waals surface area (Å²) in [6.07, 6.45) is 4.72. The van der Waals surface area contributed by atoms with Crippen LogP contribution in [0.5, 0.6) is 5.75 Å². The molecule has 0 heterocycles. The number of nitrogens with two attached hydrogens (primary N) is 1. The van der Waals surface area contributed by atoms with Crippen molar-refractivity contribution >= 4 is 9.84 Å². The molecule has 2 N–H and O–H groups in total. The van der Waals surface area contributed by atoms with Gasteiger partial charge < -0.3 is 10.5 Å². The Bertz CT molecular complexity index is 553. The Morgan fingerprint density at radius 1 is 1.29 bits per heavy atom. The molecular formula is C16H25NO3S. The highest BCUT2D eigenvalue weighted by molar-refractivity contribution is 7.91. The maximum Gasteiger partial charge on any atom is 0.150 e. The van der Waals surface area contributed by atoms with Gasteiger partial charge in [-0.3, -0.25) is 0 Å². The van der Waals surface area contributed by atoms with Gasteiger partial charge in [0, 0.05) is 12.3 Å². The fourth-order valence-electron chi connectivity index (χ4n) is 3.12. The number of ether oxygens (including phenoxy) is 1. The Balaban J connectivity index is 2.06. The maximum absolute atomic E-state index is 11.8. The van der Waals surface area contributed by atoms with Crippen molar-refractivity contribution in [3.8, 4) is 5.75 Å². The largest absolute Gasteiger partial charge is 0.494 e. The second-order valence-electron chi connectivity index (χ2n) is 5.91. The summed E-state index contributed by atoms with van der Waals surface area (Å²) in [7, 11) is -2.96. The van der Waals surface area contributed by atoms with Crippen LogP contribution in [-0.4, -0.2) is 26.5 Å². The van der Waals surface area contributed by atoms with E-state index in [0.29, 0.717) is 13.0 Å². The van der Waals surface area contributed by atoms with E-state index >= 15 is 0 Å². The van der Waals surface area contributed by atoms with Gasteiger partial charge in [-0.2, -0.15) is 0 Å². The topological polar surface area (TPSA) is 69.4 Å². The van der Waals surface area contributed by atoms with E-state index in [4.69, 9.17) is 10.5 Å². The first kappa shape index (κ1) is 16.3. The third-order valence-electron chi connectivity index (χ3n) is 4.36. The van der Waals surface area contributed by atoms with E-state index in [2.05, 4.69) is 0 Å². The van der Waals surface area contributed by atoms with Crippen molar-refractivity contribution in [1.29, 1.82) is 0 Å². The van der Waals surface area contributed by atoms with Crippen LogP contribution < -0.4 is 10.5 Å². The van der Waals surface area contributed by atoms with Gasteiger partial charge in [0.05, 0.1) is 11.9 Å². The van der Waals surface area contributed by atoms with Crippen LogP contribution in [0, 0.1) is 5.92 Å². The summed E-state index contributed by atoms with van der Waals surface area (Å²) in [5.41, 5.74) is 7.42. The van der Waals surface area contributed by atoms with Gasteiger partial charge in [0.1, 0.15) is 15.6 Å². The molecule has 3 unspecified atom stereocenters. The first-order valence-corrected chi connectivity index (χ1v) is 9.54. The van der Waals surface area contributed by atoms with Gasteiger partial charge in [-0.25, -0.2) is 8.42 Å². The van der Waals surface area contributed by atoms with E-state index in [1.54, 1.807) is 0 Å². The van der Waals surface area contributed by atoms with Crippen molar-refractivity contribution < 1.29 is 13.2 Å². The fraction of sp³-hybridized carbons (Fsp3) is 0.625. The molecule has 0 amide bonds. The maximum atomic E-state index is 11.8. The van der Waals surface area contributed by atoms with Crippen LogP contribution in [0.15, 0.2) is 24.3 Å². The molecule has 0 spiro atoms. The van der Waals surface area contributed by atoms with Gasteiger partial charge in [0.25, 0.3) is 0 Å². The molecule has 3 atom stereocenters. The summed E-state index contributed by atoms with van der Waals surface area (Å²) in [6, 6.07) is 7.72. The zero-order valence-electron chi connectivity index (χ0n) is 12.8. The lowest BCUT2D eigenvalue weighted by molar-refractivity contribution is 0.308. The minimum atomic E-state index is -2.96. The molecule has 1 aliphatic carbocycles. The van der Waals surface area contributed by atoms with Gasteiger partial charge in [-0.1, -0.05) is 18.6 Å². The molecular weight excluding hydrogens is 286 g/mol. The van der Waals surface area contributed by atoms with Crippen LogP contribution in [-0.2, 0) is 9.84 Å². The number of hydrogen-bond acceptors (Lipinski definition) is 4. The summed E-state index contributed by atoms with van der Waals surface area (Å²) in [6.45, 7) is 2.59. The van der Waals surface area contributed by atoms with Crippen LogP contribution in [0.3, 0.4) is 0 Å². The molecule has 5 heteroatoms. The lowest BCUT2D eigenvalue weighted by Gasteiger charge is -2.32. The molecule has 2 rings (SSSR count). The van der Waals surface area contributed by atoms with Crippen LogP contribution in [0.4, 0.5) is 0 Å². The monoisotopic (exact) mass is 311 g/mol. The molecule has 0 aliphatic heterocycles. The Morgan fingerprint density at radius 2 is 1.95 bits per heavy atom. The second kappa shape index (κ2) is 6.79. The molecule has 118 valence electrons. The summed E-state index contributed by atoms with van der Waals surface area (Å²) < 4.78 is 28.9. The quantitative estimate of drug-likeness (QED) is 0.907. The zero-order valence-corrected chi connectivity index (χ0v) is 13.6. The molecule has 0 saturated heterocycles. The lowest BCUT2D eigenvalue weighted by atomic mass is 9.81. The third-order valence-corrected chi connectivity index (χ3v) is 6.00. The zero-order chi connectivity index (χ0) is 15.5. The standard InChI is InChI=1S/C16H25NO3S/c1-3-20-14-9-7-12(8-10-14)16(17)13-5-4-6-15(11-13)21(2,18)19/h7-10,13,15-16H,3-6,11,17H2,1-2H3. The van der Waals surface area contributed by atoms with E-state index in [0.717, 1.165) is 30.6 Å². The van der Waals surface area contributed by atoms with Gasteiger partial charge in [0.15, 0.2) is 0 Å².